The van der Waals surface area contributed by atoms with Crippen LogP contribution in [-0.4, -0.2) is 135 Å². The van der Waals surface area contributed by atoms with E-state index in [-0.39, 0.29) is 55.2 Å². The number of ketones is 1. The fraction of sp³-hybridized carbons (Fsp3) is 0.892. The number of methoxy groups -OCH3 is 1. The van der Waals surface area contributed by atoms with E-state index in [1.165, 1.54) is 6.92 Å². The molecule has 13 heteroatoms. The van der Waals surface area contributed by atoms with E-state index in [0.29, 0.717) is 19.3 Å². The molecule has 288 valence electrons. The van der Waals surface area contributed by atoms with E-state index in [9.17, 15) is 24.3 Å². The van der Waals surface area contributed by atoms with E-state index < -0.39 is 65.5 Å². The van der Waals surface area contributed by atoms with Crippen LogP contribution in [-0.2, 0) is 42.9 Å². The van der Waals surface area contributed by atoms with E-state index >= 15 is 0 Å². The highest BCUT2D eigenvalue weighted by atomic mass is 16.7. The molecule has 3 saturated heterocycles. The molecule has 0 bridgehead atoms. The Labute approximate surface area is 299 Å². The first-order valence-corrected chi connectivity index (χ1v) is 18.4. The van der Waals surface area contributed by atoms with Crippen LogP contribution in [0.4, 0.5) is 0 Å². The van der Waals surface area contributed by atoms with E-state index in [2.05, 4.69) is 19.2 Å². The number of likely N-dealkylation sites (N-methyl/N-ethyl adjacent to an activating group) is 3. The molecule has 13 atom stereocenters. The fourth-order valence-corrected chi connectivity index (χ4v) is 8.47. The van der Waals surface area contributed by atoms with Gasteiger partial charge in [-0.1, -0.05) is 40.5 Å². The lowest BCUT2D eigenvalue weighted by molar-refractivity contribution is -0.298. The van der Waals surface area contributed by atoms with Crippen LogP contribution < -0.4 is 5.32 Å². The Bertz CT molecular complexity index is 1190. The molecular weight excluding hydrogens is 646 g/mol. The number of nitrogens with zero attached hydrogens (tertiary/aromatic N) is 2. The molecule has 50 heavy (non-hydrogen) atoms. The highest BCUT2D eigenvalue weighted by Crippen LogP contribution is 2.45. The number of esters is 2. The first kappa shape index (κ1) is 42.3. The van der Waals surface area contributed by atoms with Gasteiger partial charge in [0.05, 0.1) is 30.8 Å². The molecule has 13 nitrogen and oxygen atoms in total. The van der Waals surface area contributed by atoms with E-state index in [0.717, 1.165) is 12.8 Å². The largest absolute Gasteiger partial charge is 0.458 e. The zero-order chi connectivity index (χ0) is 37.7. The van der Waals surface area contributed by atoms with Crippen molar-refractivity contribution in [3.05, 3.63) is 0 Å². The van der Waals surface area contributed by atoms with Crippen molar-refractivity contribution in [3.8, 4) is 0 Å². The minimum absolute atomic E-state index is 0.0920. The number of carbonyl (C=O) groups is 4. The van der Waals surface area contributed by atoms with Crippen molar-refractivity contribution in [1.82, 2.24) is 15.1 Å². The van der Waals surface area contributed by atoms with Crippen molar-refractivity contribution < 1.29 is 48.0 Å². The van der Waals surface area contributed by atoms with Crippen molar-refractivity contribution in [1.29, 1.82) is 0 Å². The zero-order valence-electron chi connectivity index (χ0n) is 32.5. The topological polar surface area (TPSA) is 153 Å². The number of amides is 1. The number of ether oxygens (including phenoxy) is 5. The molecule has 0 aromatic heterocycles. The van der Waals surface area contributed by atoms with E-state index in [4.69, 9.17) is 23.7 Å². The summed E-state index contributed by atoms with van der Waals surface area (Å²) in [7, 11) is 8.74. The third-order valence-corrected chi connectivity index (χ3v) is 11.7. The molecule has 0 saturated carbocycles. The van der Waals surface area contributed by atoms with Crippen LogP contribution >= 0.6 is 0 Å². The Morgan fingerprint density at radius 3 is 2.32 bits per heavy atom. The number of Topliss-reactive ketones (excluding diaryl/α,β-unsaturated/α-hetero) is 1. The number of hydrogen-bond donors (Lipinski definition) is 2. The predicted molar refractivity (Wildman–Crippen MR) is 187 cm³/mol. The summed E-state index contributed by atoms with van der Waals surface area (Å²) in [5.41, 5.74) is -2.04. The van der Waals surface area contributed by atoms with Gasteiger partial charge in [-0.25, -0.2) is 0 Å². The Hall–Kier alpha value is -2.16. The highest BCUT2D eigenvalue weighted by molar-refractivity contribution is 6.00. The van der Waals surface area contributed by atoms with Crippen LogP contribution in [0.3, 0.4) is 0 Å². The molecule has 3 fully saturated rings. The van der Waals surface area contributed by atoms with E-state index in [1.807, 2.05) is 39.8 Å². The summed E-state index contributed by atoms with van der Waals surface area (Å²) < 4.78 is 31.3. The number of rotatable bonds is 9. The average molecular weight is 712 g/mol. The summed E-state index contributed by atoms with van der Waals surface area (Å²) >= 11 is 0. The standard InChI is InChI=1S/C37H65N3O10/c1-13-28-37(7)26(17-30(42)50-37)22(3)15-14-21(2)18-36(6,46-12)33(23(4)31(43)24(5)34(45)48-28)49-35-32(44)27(39(9)10)16-25(47-35)20-40(11)29(41)19-38-8/h21-28,32-33,35,38,44H,13-20H2,1-12H3/t21-,22-,23-,24?,25-,26+,27?,28+,32+,33+,35-,36+,37-/m0/s1. The third-order valence-electron chi connectivity index (χ3n) is 11.7. The first-order valence-electron chi connectivity index (χ1n) is 18.4. The molecule has 3 heterocycles. The Kier molecular flexibility index (Phi) is 14.9. The van der Waals surface area contributed by atoms with Crippen molar-refractivity contribution in [3.63, 3.8) is 0 Å². The Balaban J connectivity index is 2.01. The maximum Gasteiger partial charge on any atom is 0.316 e. The van der Waals surface area contributed by atoms with Gasteiger partial charge in [0, 0.05) is 38.6 Å². The molecule has 0 radical (unpaired) electrons. The van der Waals surface area contributed by atoms with Crippen LogP contribution in [0.25, 0.3) is 0 Å². The van der Waals surface area contributed by atoms with Crippen LogP contribution in [0, 0.1) is 29.6 Å². The molecule has 1 amide bonds. The predicted octanol–water partition coefficient (Wildman–Crippen LogP) is 2.80. The summed E-state index contributed by atoms with van der Waals surface area (Å²) in [6, 6.07) is -0.358. The summed E-state index contributed by atoms with van der Waals surface area (Å²) in [6.07, 6.45) is -1.09. The fourth-order valence-electron chi connectivity index (χ4n) is 8.47. The van der Waals surface area contributed by atoms with Crippen LogP contribution in [0.15, 0.2) is 0 Å². The highest BCUT2D eigenvalue weighted by Gasteiger charge is 2.55. The monoisotopic (exact) mass is 711 g/mol. The van der Waals surface area contributed by atoms with Gasteiger partial charge in [-0.2, -0.15) is 0 Å². The molecule has 3 aliphatic rings. The van der Waals surface area contributed by atoms with Crippen LogP contribution in [0.1, 0.15) is 87.0 Å². The van der Waals surface area contributed by atoms with Crippen molar-refractivity contribution in [2.45, 2.75) is 135 Å². The van der Waals surface area contributed by atoms with Gasteiger partial charge in [-0.05, 0) is 73.0 Å². The van der Waals surface area contributed by atoms with Crippen LogP contribution in [0.2, 0.25) is 0 Å². The zero-order valence-corrected chi connectivity index (χ0v) is 32.5. The normalized spacial score (nSPS) is 40.8. The lowest BCUT2D eigenvalue weighted by atomic mass is 9.73. The van der Waals surface area contributed by atoms with Crippen molar-refractivity contribution in [2.24, 2.45) is 29.6 Å². The van der Waals surface area contributed by atoms with Gasteiger partial charge >= 0.3 is 11.9 Å². The lowest BCUT2D eigenvalue weighted by Crippen LogP contribution is -2.60. The van der Waals surface area contributed by atoms with Crippen LogP contribution in [0.5, 0.6) is 0 Å². The molecule has 3 rings (SSSR count). The number of nitrogens with one attached hydrogen (secondary N) is 1. The number of hydrogen-bond acceptors (Lipinski definition) is 12. The number of carbonyl (C=O) groups excluding carboxylic acids is 4. The summed E-state index contributed by atoms with van der Waals surface area (Å²) in [6.45, 7) is 13.6. The lowest BCUT2D eigenvalue weighted by Gasteiger charge is -2.47. The van der Waals surface area contributed by atoms with Crippen molar-refractivity contribution in [2.75, 3.05) is 48.4 Å². The molecule has 0 aromatic rings. The smallest absolute Gasteiger partial charge is 0.316 e. The molecule has 2 unspecified atom stereocenters. The summed E-state index contributed by atoms with van der Waals surface area (Å²) in [4.78, 5) is 56.7. The van der Waals surface area contributed by atoms with Gasteiger partial charge in [0.1, 0.15) is 23.7 Å². The second-order valence-corrected chi connectivity index (χ2v) is 15.8. The third kappa shape index (κ3) is 9.43. The SMILES string of the molecule is CC[C@H]1OC(=O)C(C)C(=O)[C@H](C)[C@@H](O[C@@H]2O[C@H](CN(C)C(=O)CNC)CC(N(C)C)[C@H]2O)[C@](C)(OC)C[C@@H](C)CC[C@H](C)[C@H]2CC(=O)O[C@@]21C. The molecule has 2 N–H and O–H groups in total. The average Bonchev–Trinajstić information content (AvgIpc) is 3.38. The van der Waals surface area contributed by atoms with E-state index in [1.54, 1.807) is 33.0 Å². The molecule has 0 aliphatic carbocycles. The summed E-state index contributed by atoms with van der Waals surface area (Å²) in [5, 5.41) is 14.5. The van der Waals surface area contributed by atoms with Gasteiger partial charge in [-0.15, -0.1) is 0 Å². The van der Waals surface area contributed by atoms with Gasteiger partial charge in [0.15, 0.2) is 12.1 Å². The van der Waals surface area contributed by atoms with Gasteiger partial charge in [0.25, 0.3) is 0 Å². The van der Waals surface area contributed by atoms with Crippen molar-refractivity contribution >= 4 is 23.6 Å². The molecular formula is C37H65N3O10. The maximum absolute atomic E-state index is 14.3. The minimum Gasteiger partial charge on any atom is -0.458 e. The molecule has 0 aromatic carbocycles. The molecule has 0 spiro atoms. The second-order valence-electron chi connectivity index (χ2n) is 15.8. The number of aliphatic hydroxyl groups excluding tert-OH is 1. The minimum atomic E-state index is -1.16. The summed E-state index contributed by atoms with van der Waals surface area (Å²) in [5.74, 6) is -3.47. The van der Waals surface area contributed by atoms with Gasteiger partial charge in [0.2, 0.25) is 5.91 Å². The first-order chi connectivity index (χ1) is 23.3. The number of aliphatic hydroxyl groups is 1. The van der Waals surface area contributed by atoms with Gasteiger partial charge in [-0.3, -0.25) is 19.2 Å². The Morgan fingerprint density at radius 2 is 1.74 bits per heavy atom. The maximum atomic E-state index is 14.3. The molecule has 3 aliphatic heterocycles. The van der Waals surface area contributed by atoms with Gasteiger partial charge < -0.3 is 43.9 Å². The number of fused-ring (bicyclic) bond motifs is 1. The number of cyclic esters (lactones) is 1. The quantitative estimate of drug-likeness (QED) is 0.267. The second kappa shape index (κ2) is 17.6. The Morgan fingerprint density at radius 1 is 1.08 bits per heavy atom.